The maximum Gasteiger partial charge on any atom is 0.234 e. The van der Waals surface area contributed by atoms with Crippen LogP contribution >= 0.6 is 0 Å². The number of hydrogen-bond donors (Lipinski definition) is 2. The Hall–Kier alpha value is -1.59. The zero-order valence-corrected chi connectivity index (χ0v) is 11.1. The molecule has 5 nitrogen and oxygen atoms in total. The second kappa shape index (κ2) is 7.11. The fourth-order valence-electron chi connectivity index (χ4n) is 2.03. The van der Waals surface area contributed by atoms with Gasteiger partial charge in [0.1, 0.15) is 11.9 Å². The Morgan fingerprint density at radius 2 is 2.32 bits per heavy atom. The number of para-hydroxylation sites is 1. The summed E-state index contributed by atoms with van der Waals surface area (Å²) in [5.41, 5.74) is 1.21. The number of fused-ring (bicyclic) bond motifs is 1. The third kappa shape index (κ3) is 4.22. The number of methoxy groups -OCH3 is 1. The Kier molecular flexibility index (Phi) is 5.18. The first-order chi connectivity index (χ1) is 9.29. The van der Waals surface area contributed by atoms with Crippen molar-refractivity contribution in [3.63, 3.8) is 0 Å². The average Bonchev–Trinajstić information content (AvgIpc) is 2.84. The van der Waals surface area contributed by atoms with Gasteiger partial charge in [-0.3, -0.25) is 4.79 Å². The summed E-state index contributed by atoms with van der Waals surface area (Å²) < 4.78 is 10.6. The number of rotatable bonds is 7. The summed E-state index contributed by atoms with van der Waals surface area (Å²) in [6.07, 6.45) is 0.897. The second-order valence-corrected chi connectivity index (χ2v) is 4.53. The number of carbonyl (C=O) groups is 1. The molecule has 0 spiro atoms. The summed E-state index contributed by atoms with van der Waals surface area (Å²) in [6, 6.07) is 7.98. The van der Waals surface area contributed by atoms with Gasteiger partial charge in [-0.25, -0.2) is 0 Å². The molecule has 19 heavy (non-hydrogen) atoms. The largest absolute Gasteiger partial charge is 0.488 e. The minimum absolute atomic E-state index is 0.0179. The molecule has 104 valence electrons. The van der Waals surface area contributed by atoms with Gasteiger partial charge in [-0.2, -0.15) is 0 Å². The lowest BCUT2D eigenvalue weighted by Gasteiger charge is -2.12. The summed E-state index contributed by atoms with van der Waals surface area (Å²) in [6.45, 7) is 2.13. The van der Waals surface area contributed by atoms with Crippen LogP contribution in [0, 0.1) is 0 Å². The Balaban J connectivity index is 1.63. The van der Waals surface area contributed by atoms with Crippen LogP contribution in [0.4, 0.5) is 0 Å². The Morgan fingerprint density at radius 3 is 3.11 bits per heavy atom. The van der Waals surface area contributed by atoms with Crippen molar-refractivity contribution in [2.75, 3.05) is 33.4 Å². The smallest absolute Gasteiger partial charge is 0.234 e. The number of benzene rings is 1. The molecule has 1 heterocycles. The molecule has 5 heteroatoms. The van der Waals surface area contributed by atoms with E-state index >= 15 is 0 Å². The average molecular weight is 264 g/mol. The zero-order valence-electron chi connectivity index (χ0n) is 11.1. The van der Waals surface area contributed by atoms with Gasteiger partial charge in [0.05, 0.1) is 19.7 Å². The van der Waals surface area contributed by atoms with Crippen LogP contribution in [0.15, 0.2) is 24.3 Å². The topological polar surface area (TPSA) is 59.6 Å². The Labute approximate surface area is 113 Å². The van der Waals surface area contributed by atoms with Gasteiger partial charge in [-0.05, 0) is 11.6 Å². The summed E-state index contributed by atoms with van der Waals surface area (Å²) in [4.78, 5) is 11.6. The SMILES string of the molecule is COCCNCC(=O)NCC1Cc2ccccc2O1. The quantitative estimate of drug-likeness (QED) is 0.697. The van der Waals surface area contributed by atoms with Gasteiger partial charge in [0.15, 0.2) is 0 Å². The standard InChI is InChI=1S/C14H20N2O3/c1-18-7-6-15-10-14(17)16-9-12-8-11-4-2-3-5-13(11)19-12/h2-5,12,15H,6-10H2,1H3,(H,16,17). The fourth-order valence-corrected chi connectivity index (χ4v) is 2.03. The molecular formula is C14H20N2O3. The van der Waals surface area contributed by atoms with E-state index in [-0.39, 0.29) is 12.0 Å². The normalized spacial score (nSPS) is 16.8. The van der Waals surface area contributed by atoms with E-state index in [1.165, 1.54) is 5.56 Å². The van der Waals surface area contributed by atoms with Crippen molar-refractivity contribution in [1.82, 2.24) is 10.6 Å². The molecule has 0 aromatic heterocycles. The van der Waals surface area contributed by atoms with Crippen molar-refractivity contribution in [2.45, 2.75) is 12.5 Å². The predicted octanol–water partition coefficient (Wildman–Crippen LogP) is 0.342. The number of nitrogens with one attached hydrogen (secondary N) is 2. The molecular weight excluding hydrogens is 244 g/mol. The summed E-state index contributed by atoms with van der Waals surface area (Å²) in [7, 11) is 1.64. The third-order valence-electron chi connectivity index (χ3n) is 3.01. The number of ether oxygens (including phenoxy) is 2. The van der Waals surface area contributed by atoms with Crippen molar-refractivity contribution >= 4 is 5.91 Å². The monoisotopic (exact) mass is 264 g/mol. The minimum atomic E-state index is -0.0179. The molecule has 2 N–H and O–H groups in total. The van der Waals surface area contributed by atoms with E-state index in [2.05, 4.69) is 16.7 Å². The zero-order chi connectivity index (χ0) is 13.5. The van der Waals surface area contributed by atoms with Crippen molar-refractivity contribution in [3.8, 4) is 5.75 Å². The van der Waals surface area contributed by atoms with Crippen LogP contribution in [0.1, 0.15) is 5.56 Å². The van der Waals surface area contributed by atoms with E-state index in [0.29, 0.717) is 26.2 Å². The molecule has 1 aromatic carbocycles. The highest BCUT2D eigenvalue weighted by atomic mass is 16.5. The Bertz CT molecular complexity index is 398. The summed E-state index contributed by atoms with van der Waals surface area (Å²) in [5.74, 6) is 0.913. The first kappa shape index (κ1) is 13.8. The molecule has 1 aliphatic heterocycles. The Morgan fingerprint density at radius 1 is 1.47 bits per heavy atom. The van der Waals surface area contributed by atoms with Crippen molar-refractivity contribution in [3.05, 3.63) is 29.8 Å². The maximum atomic E-state index is 11.6. The minimum Gasteiger partial charge on any atom is -0.488 e. The van der Waals surface area contributed by atoms with E-state index < -0.39 is 0 Å². The van der Waals surface area contributed by atoms with Crippen LogP contribution in [0.25, 0.3) is 0 Å². The van der Waals surface area contributed by atoms with Crippen molar-refractivity contribution in [2.24, 2.45) is 0 Å². The van der Waals surface area contributed by atoms with E-state index in [4.69, 9.17) is 9.47 Å². The molecule has 1 unspecified atom stereocenters. The predicted molar refractivity (Wildman–Crippen MR) is 72.3 cm³/mol. The van der Waals surface area contributed by atoms with Crippen LogP contribution < -0.4 is 15.4 Å². The molecule has 0 radical (unpaired) electrons. The summed E-state index contributed by atoms with van der Waals surface area (Å²) in [5, 5.41) is 5.87. The van der Waals surface area contributed by atoms with Gasteiger partial charge in [0.2, 0.25) is 5.91 Å². The highest BCUT2D eigenvalue weighted by Gasteiger charge is 2.22. The van der Waals surface area contributed by atoms with Gasteiger partial charge in [0.25, 0.3) is 0 Å². The molecule has 0 saturated heterocycles. The van der Waals surface area contributed by atoms with Gasteiger partial charge in [-0.1, -0.05) is 18.2 Å². The van der Waals surface area contributed by atoms with Gasteiger partial charge in [0, 0.05) is 20.1 Å². The molecule has 1 atom stereocenters. The van der Waals surface area contributed by atoms with Gasteiger partial charge in [-0.15, -0.1) is 0 Å². The van der Waals surface area contributed by atoms with Crippen molar-refractivity contribution < 1.29 is 14.3 Å². The third-order valence-corrected chi connectivity index (χ3v) is 3.01. The van der Waals surface area contributed by atoms with Crippen LogP contribution in [-0.4, -0.2) is 45.4 Å². The first-order valence-electron chi connectivity index (χ1n) is 6.50. The molecule has 1 aromatic rings. The second-order valence-electron chi connectivity index (χ2n) is 4.53. The van der Waals surface area contributed by atoms with Crippen LogP contribution in [-0.2, 0) is 16.0 Å². The van der Waals surface area contributed by atoms with Crippen LogP contribution in [0.5, 0.6) is 5.75 Å². The lowest BCUT2D eigenvalue weighted by Crippen LogP contribution is -2.40. The fraction of sp³-hybridized carbons (Fsp3) is 0.500. The lowest BCUT2D eigenvalue weighted by atomic mass is 10.1. The molecule has 0 bridgehead atoms. The van der Waals surface area contributed by atoms with E-state index in [1.807, 2.05) is 18.2 Å². The first-order valence-corrected chi connectivity index (χ1v) is 6.50. The number of carbonyl (C=O) groups excluding carboxylic acids is 1. The van der Waals surface area contributed by atoms with Crippen molar-refractivity contribution in [1.29, 1.82) is 0 Å². The van der Waals surface area contributed by atoms with E-state index in [0.717, 1.165) is 12.2 Å². The molecule has 0 saturated carbocycles. The van der Waals surface area contributed by atoms with Crippen LogP contribution in [0.2, 0.25) is 0 Å². The molecule has 0 aliphatic carbocycles. The highest BCUT2D eigenvalue weighted by Crippen LogP contribution is 2.27. The highest BCUT2D eigenvalue weighted by molar-refractivity contribution is 5.78. The number of amides is 1. The van der Waals surface area contributed by atoms with E-state index in [9.17, 15) is 4.79 Å². The number of hydrogen-bond acceptors (Lipinski definition) is 4. The molecule has 2 rings (SSSR count). The summed E-state index contributed by atoms with van der Waals surface area (Å²) >= 11 is 0. The van der Waals surface area contributed by atoms with E-state index in [1.54, 1.807) is 7.11 Å². The molecule has 1 aliphatic rings. The maximum absolute atomic E-state index is 11.6. The van der Waals surface area contributed by atoms with Gasteiger partial charge < -0.3 is 20.1 Å². The molecule has 0 fully saturated rings. The van der Waals surface area contributed by atoms with Gasteiger partial charge >= 0.3 is 0 Å². The van der Waals surface area contributed by atoms with Crippen LogP contribution in [0.3, 0.4) is 0 Å². The molecule has 1 amide bonds. The lowest BCUT2D eigenvalue weighted by molar-refractivity contribution is -0.120.